The topological polar surface area (TPSA) is 39.9 Å². The van der Waals surface area contributed by atoms with Gasteiger partial charge in [-0.1, -0.05) is 21.0 Å². The molecule has 0 aliphatic rings. The molecule has 1 rings (SSSR count). The molecule has 0 radical (unpaired) electrons. The van der Waals surface area contributed by atoms with Gasteiger partial charge in [-0.3, -0.25) is 4.57 Å². The number of nitrogens with zero attached hydrogens (tertiary/aromatic N) is 3. The Hall–Kier alpha value is -0.580. The van der Waals surface area contributed by atoms with E-state index < -0.39 is 0 Å². The largest absolute Gasteiger partial charge is 0.467 e. The van der Waals surface area contributed by atoms with Crippen LogP contribution in [0.5, 0.6) is 6.01 Å². The van der Waals surface area contributed by atoms with Crippen LogP contribution < -0.4 is 4.74 Å². The summed E-state index contributed by atoms with van der Waals surface area (Å²) in [6.45, 7) is 6.26. The van der Waals surface area contributed by atoms with E-state index in [0.717, 1.165) is 5.82 Å². The second-order valence-corrected chi connectivity index (χ2v) is 4.30. The first-order valence-electron chi connectivity index (χ1n) is 4.05. The van der Waals surface area contributed by atoms with Gasteiger partial charge in [0.15, 0.2) is 0 Å². The van der Waals surface area contributed by atoms with Crippen molar-refractivity contribution < 1.29 is 4.74 Å². The molecule has 0 aromatic carbocycles. The molecule has 0 bridgehead atoms. The minimum atomic E-state index is -0.0576. The molecule has 5 heteroatoms. The third-order valence-electron chi connectivity index (χ3n) is 1.67. The van der Waals surface area contributed by atoms with Crippen LogP contribution in [0.15, 0.2) is 0 Å². The number of hydrogen-bond donors (Lipinski definition) is 0. The van der Waals surface area contributed by atoms with Crippen LogP contribution in [0.2, 0.25) is 0 Å². The van der Waals surface area contributed by atoms with Gasteiger partial charge < -0.3 is 4.74 Å². The van der Waals surface area contributed by atoms with Crippen molar-refractivity contribution in [2.75, 3.05) is 7.11 Å². The molecule has 0 N–H and O–H groups in total. The number of methoxy groups -OCH3 is 1. The summed E-state index contributed by atoms with van der Waals surface area (Å²) in [5.74, 6) is 0.879. The summed E-state index contributed by atoms with van der Waals surface area (Å²) in [6.07, 6.45) is 0. The van der Waals surface area contributed by atoms with Gasteiger partial charge >= 0.3 is 6.01 Å². The highest BCUT2D eigenvalue weighted by Crippen LogP contribution is 2.23. The Balaban J connectivity index is 3.20. The normalized spacial score (nSPS) is 11.8. The minimum absolute atomic E-state index is 0.0576. The van der Waals surface area contributed by atoms with E-state index in [1.54, 1.807) is 7.11 Å². The van der Waals surface area contributed by atoms with Gasteiger partial charge in [-0.05, 0) is 20.8 Å². The number of alkyl halides is 1. The van der Waals surface area contributed by atoms with Crippen molar-refractivity contribution in [3.8, 4) is 6.01 Å². The Bertz CT molecular complexity index is 269. The number of aromatic nitrogens is 3. The summed E-state index contributed by atoms with van der Waals surface area (Å²) in [5.41, 5.74) is -0.0576. The zero-order chi connectivity index (χ0) is 10.1. The summed E-state index contributed by atoms with van der Waals surface area (Å²) in [4.78, 5) is 0. The van der Waals surface area contributed by atoms with Gasteiger partial charge in [0, 0.05) is 5.54 Å². The fourth-order valence-electron chi connectivity index (χ4n) is 1.19. The first kappa shape index (κ1) is 10.5. The molecule has 0 atom stereocenters. The SMILES string of the molecule is COc1nnc(CBr)n1C(C)(C)C. The average molecular weight is 248 g/mol. The van der Waals surface area contributed by atoms with Crippen LogP contribution in [-0.2, 0) is 10.9 Å². The summed E-state index contributed by atoms with van der Waals surface area (Å²) in [6, 6.07) is 0.557. The molecule has 0 unspecified atom stereocenters. The van der Waals surface area contributed by atoms with E-state index in [1.165, 1.54) is 0 Å². The molecule has 1 aromatic heterocycles. The maximum atomic E-state index is 5.12. The molecule has 74 valence electrons. The second kappa shape index (κ2) is 3.65. The summed E-state index contributed by atoms with van der Waals surface area (Å²) in [7, 11) is 1.60. The molecule has 1 heterocycles. The van der Waals surface area contributed by atoms with Crippen LogP contribution in [0.4, 0.5) is 0 Å². The Labute approximate surface area is 86.4 Å². The van der Waals surface area contributed by atoms with Crippen molar-refractivity contribution >= 4 is 15.9 Å². The molecule has 13 heavy (non-hydrogen) atoms. The van der Waals surface area contributed by atoms with Crippen LogP contribution in [0, 0.1) is 0 Å². The Kier molecular flexibility index (Phi) is 2.95. The van der Waals surface area contributed by atoms with Crippen LogP contribution in [0.1, 0.15) is 26.6 Å². The molecule has 0 amide bonds. The van der Waals surface area contributed by atoms with E-state index in [1.807, 2.05) is 4.57 Å². The van der Waals surface area contributed by atoms with Crippen molar-refractivity contribution in [3.63, 3.8) is 0 Å². The van der Waals surface area contributed by atoms with Gasteiger partial charge in [-0.25, -0.2) is 0 Å². The van der Waals surface area contributed by atoms with E-state index in [9.17, 15) is 0 Å². The molecule has 4 nitrogen and oxygen atoms in total. The zero-order valence-corrected chi connectivity index (χ0v) is 9.92. The molecular weight excluding hydrogens is 234 g/mol. The zero-order valence-electron chi connectivity index (χ0n) is 8.33. The lowest BCUT2D eigenvalue weighted by Crippen LogP contribution is -2.24. The van der Waals surface area contributed by atoms with E-state index in [2.05, 4.69) is 46.9 Å². The quantitative estimate of drug-likeness (QED) is 0.751. The number of hydrogen-bond acceptors (Lipinski definition) is 3. The predicted molar refractivity (Wildman–Crippen MR) is 54.2 cm³/mol. The lowest BCUT2D eigenvalue weighted by atomic mass is 10.1. The van der Waals surface area contributed by atoms with Gasteiger partial charge in [0.25, 0.3) is 0 Å². The fourth-order valence-corrected chi connectivity index (χ4v) is 1.56. The van der Waals surface area contributed by atoms with E-state index in [-0.39, 0.29) is 5.54 Å². The molecule has 0 saturated heterocycles. The highest BCUT2D eigenvalue weighted by Gasteiger charge is 2.22. The van der Waals surface area contributed by atoms with Gasteiger partial charge in [-0.2, -0.15) is 0 Å². The van der Waals surface area contributed by atoms with Crippen molar-refractivity contribution in [1.29, 1.82) is 0 Å². The molecule has 0 aliphatic carbocycles. The summed E-state index contributed by atoms with van der Waals surface area (Å²) < 4.78 is 7.10. The Morgan fingerprint density at radius 3 is 2.38 bits per heavy atom. The Morgan fingerprint density at radius 1 is 1.38 bits per heavy atom. The molecule has 1 aromatic rings. The first-order valence-corrected chi connectivity index (χ1v) is 5.17. The standard InChI is InChI=1S/C8H14BrN3O/c1-8(2,3)12-6(5-9)10-11-7(12)13-4/h5H2,1-4H3. The van der Waals surface area contributed by atoms with E-state index in [0.29, 0.717) is 11.3 Å². The molecular formula is C8H14BrN3O. The predicted octanol–water partition coefficient (Wildman–Crippen LogP) is 1.94. The van der Waals surface area contributed by atoms with Crippen LogP contribution in [0.25, 0.3) is 0 Å². The average Bonchev–Trinajstić information content (AvgIpc) is 2.45. The fraction of sp³-hybridized carbons (Fsp3) is 0.750. The number of halogens is 1. The van der Waals surface area contributed by atoms with Gasteiger partial charge in [0.1, 0.15) is 5.82 Å². The molecule has 0 saturated carbocycles. The maximum absolute atomic E-state index is 5.12. The van der Waals surface area contributed by atoms with E-state index >= 15 is 0 Å². The van der Waals surface area contributed by atoms with Crippen LogP contribution in [-0.4, -0.2) is 21.9 Å². The van der Waals surface area contributed by atoms with Gasteiger partial charge in [0.05, 0.1) is 12.4 Å². The monoisotopic (exact) mass is 247 g/mol. The molecule has 0 aliphatic heterocycles. The van der Waals surface area contributed by atoms with Gasteiger partial charge in [-0.15, -0.1) is 5.10 Å². The van der Waals surface area contributed by atoms with Crippen molar-refractivity contribution in [1.82, 2.24) is 14.8 Å². The smallest absolute Gasteiger partial charge is 0.317 e. The molecule has 0 fully saturated rings. The van der Waals surface area contributed by atoms with Crippen molar-refractivity contribution in [2.45, 2.75) is 31.6 Å². The van der Waals surface area contributed by atoms with Crippen molar-refractivity contribution in [2.24, 2.45) is 0 Å². The third-order valence-corrected chi connectivity index (χ3v) is 2.17. The maximum Gasteiger partial charge on any atom is 0.317 e. The second-order valence-electron chi connectivity index (χ2n) is 3.74. The van der Waals surface area contributed by atoms with Crippen LogP contribution in [0.3, 0.4) is 0 Å². The summed E-state index contributed by atoms with van der Waals surface area (Å²) in [5, 5.41) is 8.63. The summed E-state index contributed by atoms with van der Waals surface area (Å²) >= 11 is 3.36. The number of rotatable bonds is 2. The van der Waals surface area contributed by atoms with Crippen molar-refractivity contribution in [3.05, 3.63) is 5.82 Å². The minimum Gasteiger partial charge on any atom is -0.467 e. The Morgan fingerprint density at radius 2 is 2.00 bits per heavy atom. The lowest BCUT2D eigenvalue weighted by Gasteiger charge is -2.23. The highest BCUT2D eigenvalue weighted by atomic mass is 79.9. The third kappa shape index (κ3) is 2.02. The van der Waals surface area contributed by atoms with E-state index in [4.69, 9.17) is 4.74 Å². The first-order chi connectivity index (χ1) is 6.00. The lowest BCUT2D eigenvalue weighted by molar-refractivity contribution is 0.294. The van der Waals surface area contributed by atoms with Gasteiger partial charge in [0.2, 0.25) is 0 Å². The van der Waals surface area contributed by atoms with Crippen LogP contribution >= 0.6 is 15.9 Å². The number of ether oxygens (including phenoxy) is 1. The molecule has 0 spiro atoms. The highest BCUT2D eigenvalue weighted by molar-refractivity contribution is 9.08.